The highest BCUT2D eigenvalue weighted by molar-refractivity contribution is 5.93. The first-order valence-electron chi connectivity index (χ1n) is 8.11. The van der Waals surface area contributed by atoms with Crippen LogP contribution in [-0.2, 0) is 11.3 Å². The Morgan fingerprint density at radius 3 is 2.72 bits per heavy atom. The number of primary amides is 1. The van der Waals surface area contributed by atoms with Crippen LogP contribution in [0, 0.1) is 0 Å². The third-order valence-corrected chi connectivity index (χ3v) is 3.40. The van der Waals surface area contributed by atoms with Crippen molar-refractivity contribution in [3.05, 3.63) is 39.8 Å². The summed E-state index contributed by atoms with van der Waals surface area (Å²) in [4.78, 5) is 25.6. The lowest BCUT2D eigenvalue weighted by molar-refractivity contribution is -0.121. The molecule has 2 amide bonds. The zero-order valence-corrected chi connectivity index (χ0v) is 14.1. The third kappa shape index (κ3) is 8.59. The summed E-state index contributed by atoms with van der Waals surface area (Å²) in [7, 11) is 0. The second-order valence-electron chi connectivity index (χ2n) is 5.40. The summed E-state index contributed by atoms with van der Waals surface area (Å²) in [5.41, 5.74) is 20.1. The summed E-state index contributed by atoms with van der Waals surface area (Å²) in [5, 5.41) is 6.19. The number of hydrogen-bond acceptors (Lipinski definition) is 5. The van der Waals surface area contributed by atoms with Gasteiger partial charge in [0.1, 0.15) is 12.4 Å². The first-order valence-corrected chi connectivity index (χ1v) is 8.11. The molecule has 0 aliphatic heterocycles. The van der Waals surface area contributed by atoms with Gasteiger partial charge in [-0.25, -0.2) is 0 Å². The maximum Gasteiger partial charge on any atom is 0.248 e. The molecule has 0 heterocycles. The lowest BCUT2D eigenvalue weighted by Crippen LogP contribution is -2.27. The Balaban J connectivity index is 2.26. The van der Waals surface area contributed by atoms with Crippen molar-refractivity contribution in [2.75, 3.05) is 19.7 Å². The molecule has 0 fully saturated rings. The van der Waals surface area contributed by atoms with E-state index in [1.807, 2.05) is 0 Å². The molecular formula is C16H24N6O3. The fourth-order valence-electron chi connectivity index (χ4n) is 2.14. The van der Waals surface area contributed by atoms with E-state index in [2.05, 4.69) is 15.3 Å². The molecule has 9 heteroatoms. The van der Waals surface area contributed by atoms with E-state index in [1.54, 1.807) is 18.2 Å². The number of amides is 2. The number of carbonyl (C=O) groups is 2. The largest absolute Gasteiger partial charge is 0.492 e. The number of nitrogens with zero attached hydrogens (tertiary/aromatic N) is 3. The molecule has 0 saturated carbocycles. The topological polar surface area (TPSA) is 156 Å². The van der Waals surface area contributed by atoms with E-state index in [0.29, 0.717) is 30.8 Å². The average molecular weight is 348 g/mol. The minimum Gasteiger partial charge on any atom is -0.492 e. The molecule has 0 aromatic heterocycles. The number of ether oxygens (including phenoxy) is 1. The highest BCUT2D eigenvalue weighted by Crippen LogP contribution is 2.17. The number of rotatable bonds is 12. The number of benzene rings is 1. The van der Waals surface area contributed by atoms with Crippen LogP contribution in [0.3, 0.4) is 0 Å². The fourth-order valence-corrected chi connectivity index (χ4v) is 2.14. The van der Waals surface area contributed by atoms with E-state index < -0.39 is 5.91 Å². The van der Waals surface area contributed by atoms with Gasteiger partial charge >= 0.3 is 0 Å². The smallest absolute Gasteiger partial charge is 0.248 e. The van der Waals surface area contributed by atoms with E-state index >= 15 is 0 Å². The molecule has 0 atom stereocenters. The van der Waals surface area contributed by atoms with Crippen LogP contribution >= 0.6 is 0 Å². The molecular weight excluding hydrogens is 324 g/mol. The predicted octanol–water partition coefficient (Wildman–Crippen LogP) is 1.61. The molecule has 25 heavy (non-hydrogen) atoms. The molecule has 0 spiro atoms. The summed E-state index contributed by atoms with van der Waals surface area (Å²) < 4.78 is 5.54. The Morgan fingerprint density at radius 2 is 2.04 bits per heavy atom. The van der Waals surface area contributed by atoms with Crippen molar-refractivity contribution < 1.29 is 14.3 Å². The van der Waals surface area contributed by atoms with Crippen LogP contribution in [0.25, 0.3) is 10.4 Å². The van der Waals surface area contributed by atoms with Gasteiger partial charge in [0, 0.05) is 30.0 Å². The summed E-state index contributed by atoms with van der Waals surface area (Å²) in [6.45, 7) is 1.36. The molecule has 0 bridgehead atoms. The van der Waals surface area contributed by atoms with Gasteiger partial charge in [-0.3, -0.25) is 9.59 Å². The van der Waals surface area contributed by atoms with Crippen molar-refractivity contribution in [1.29, 1.82) is 0 Å². The van der Waals surface area contributed by atoms with Crippen molar-refractivity contribution in [3.63, 3.8) is 0 Å². The quantitative estimate of drug-likeness (QED) is 0.227. The van der Waals surface area contributed by atoms with Crippen molar-refractivity contribution in [2.24, 2.45) is 16.6 Å². The number of azide groups is 1. The monoisotopic (exact) mass is 348 g/mol. The molecule has 0 aliphatic carbocycles. The summed E-state index contributed by atoms with van der Waals surface area (Å²) in [6.07, 6.45) is 2.78. The van der Waals surface area contributed by atoms with Crippen LogP contribution in [0.2, 0.25) is 0 Å². The summed E-state index contributed by atoms with van der Waals surface area (Å²) >= 11 is 0. The molecule has 136 valence electrons. The Hall–Kier alpha value is -2.77. The van der Waals surface area contributed by atoms with E-state index in [1.165, 1.54) is 0 Å². The van der Waals surface area contributed by atoms with E-state index in [-0.39, 0.29) is 19.1 Å². The lowest BCUT2D eigenvalue weighted by Gasteiger charge is -2.10. The maximum absolute atomic E-state index is 11.7. The van der Waals surface area contributed by atoms with Crippen LogP contribution < -0.4 is 21.5 Å². The first kappa shape index (κ1) is 20.3. The van der Waals surface area contributed by atoms with Gasteiger partial charge in [0.05, 0.1) is 6.54 Å². The van der Waals surface area contributed by atoms with Crippen molar-refractivity contribution in [2.45, 2.75) is 32.2 Å². The molecule has 1 aromatic carbocycles. The van der Waals surface area contributed by atoms with E-state index in [9.17, 15) is 9.59 Å². The van der Waals surface area contributed by atoms with Crippen LogP contribution in [0.1, 0.15) is 41.6 Å². The second-order valence-corrected chi connectivity index (χ2v) is 5.40. The molecule has 0 saturated heterocycles. The van der Waals surface area contributed by atoms with Gasteiger partial charge in [0.15, 0.2) is 0 Å². The molecule has 0 radical (unpaired) electrons. The average Bonchev–Trinajstić information content (AvgIpc) is 2.61. The van der Waals surface area contributed by atoms with Crippen LogP contribution in [0.4, 0.5) is 0 Å². The SMILES string of the molecule is [N-]=[N+]=NCCCCCC(=O)NCCOc1cc(CN)cc(C(N)=O)c1. The minimum absolute atomic E-state index is 0.0547. The zero-order valence-electron chi connectivity index (χ0n) is 14.1. The highest BCUT2D eigenvalue weighted by atomic mass is 16.5. The molecule has 1 rings (SSSR count). The van der Waals surface area contributed by atoms with Crippen LogP contribution in [0.5, 0.6) is 5.75 Å². The predicted molar refractivity (Wildman–Crippen MR) is 93.8 cm³/mol. The fraction of sp³-hybridized carbons (Fsp3) is 0.500. The van der Waals surface area contributed by atoms with Crippen molar-refractivity contribution in [3.8, 4) is 5.75 Å². The normalized spacial score (nSPS) is 9.96. The molecule has 5 N–H and O–H groups in total. The Kier molecular flexibility index (Phi) is 9.50. The number of hydrogen-bond donors (Lipinski definition) is 3. The Labute approximate surface area is 146 Å². The van der Waals surface area contributed by atoms with Gasteiger partial charge in [-0.15, -0.1) is 0 Å². The van der Waals surface area contributed by atoms with Gasteiger partial charge in [-0.1, -0.05) is 11.5 Å². The summed E-state index contributed by atoms with van der Waals surface area (Å²) in [6, 6.07) is 4.91. The molecule has 0 aliphatic rings. The summed E-state index contributed by atoms with van der Waals surface area (Å²) in [5.74, 6) is -0.112. The molecule has 9 nitrogen and oxygen atoms in total. The van der Waals surface area contributed by atoms with Gasteiger partial charge in [0.25, 0.3) is 0 Å². The van der Waals surface area contributed by atoms with Crippen molar-refractivity contribution >= 4 is 11.8 Å². The minimum atomic E-state index is -0.547. The zero-order chi connectivity index (χ0) is 18.5. The van der Waals surface area contributed by atoms with Gasteiger partial charge in [-0.05, 0) is 42.1 Å². The van der Waals surface area contributed by atoms with Crippen LogP contribution in [-0.4, -0.2) is 31.5 Å². The lowest BCUT2D eigenvalue weighted by atomic mass is 10.1. The molecule has 0 unspecified atom stereocenters. The highest BCUT2D eigenvalue weighted by Gasteiger charge is 2.06. The van der Waals surface area contributed by atoms with E-state index in [4.69, 9.17) is 21.7 Å². The third-order valence-electron chi connectivity index (χ3n) is 3.40. The number of nitrogens with one attached hydrogen (secondary N) is 1. The number of carbonyl (C=O) groups excluding carboxylic acids is 2. The maximum atomic E-state index is 11.7. The van der Waals surface area contributed by atoms with Crippen LogP contribution in [0.15, 0.2) is 23.3 Å². The Bertz CT molecular complexity index is 628. The standard InChI is InChI=1S/C16H24N6O3/c17-11-12-8-13(16(18)24)10-14(9-12)25-7-6-20-15(23)4-2-1-3-5-21-22-19/h8-10H,1-7,11,17H2,(H2,18,24)(H,20,23). The van der Waals surface area contributed by atoms with E-state index in [0.717, 1.165) is 24.8 Å². The van der Waals surface area contributed by atoms with Gasteiger partial charge in [0.2, 0.25) is 11.8 Å². The Morgan fingerprint density at radius 1 is 1.24 bits per heavy atom. The van der Waals surface area contributed by atoms with Crippen molar-refractivity contribution in [1.82, 2.24) is 5.32 Å². The first-order chi connectivity index (χ1) is 12.1. The second kappa shape index (κ2) is 11.7. The number of nitrogens with two attached hydrogens (primary N) is 2. The van der Waals surface area contributed by atoms with Gasteiger partial charge < -0.3 is 21.5 Å². The number of unbranched alkanes of at least 4 members (excludes halogenated alkanes) is 2. The molecule has 1 aromatic rings. The van der Waals surface area contributed by atoms with Gasteiger partial charge in [-0.2, -0.15) is 0 Å².